The molecule has 3 heteroatoms. The van der Waals surface area contributed by atoms with Gasteiger partial charge in [0.1, 0.15) is 5.69 Å². The molecule has 0 atom stereocenters. The van der Waals surface area contributed by atoms with Crippen LogP contribution in [0, 0.1) is 27.7 Å². The summed E-state index contributed by atoms with van der Waals surface area (Å²) < 4.78 is 4.68. The second kappa shape index (κ2) is 6.10. The summed E-state index contributed by atoms with van der Waals surface area (Å²) >= 11 is 0. The monoisotopic (exact) mass is 342 g/mol. The zero-order valence-electron chi connectivity index (χ0n) is 16.0. The van der Waals surface area contributed by atoms with E-state index in [2.05, 4.69) is 91.3 Å². The molecule has 0 N–H and O–H groups in total. The highest BCUT2D eigenvalue weighted by Crippen LogP contribution is 2.31. The van der Waals surface area contributed by atoms with Crippen LogP contribution in [0.25, 0.3) is 28.1 Å². The Morgan fingerprint density at radius 2 is 1.62 bits per heavy atom. The van der Waals surface area contributed by atoms with Gasteiger partial charge in [0.2, 0.25) is 0 Å². The van der Waals surface area contributed by atoms with E-state index in [1.54, 1.807) is 0 Å². The lowest BCUT2D eigenvalue weighted by Gasteiger charge is -2.10. The summed E-state index contributed by atoms with van der Waals surface area (Å²) in [7, 11) is 2.14. The fourth-order valence-corrected chi connectivity index (χ4v) is 3.86. The van der Waals surface area contributed by atoms with Crippen LogP contribution in [0.2, 0.25) is 0 Å². The Kier molecular flexibility index (Phi) is 3.87. The molecule has 0 aliphatic heterocycles. The van der Waals surface area contributed by atoms with Gasteiger partial charge in [-0.25, -0.2) is 4.57 Å². The molecule has 3 nitrogen and oxygen atoms in total. The second-order valence-corrected chi connectivity index (χ2v) is 7.14. The van der Waals surface area contributed by atoms with Gasteiger partial charge in [-0.3, -0.25) is 4.98 Å². The summed E-state index contributed by atoms with van der Waals surface area (Å²) in [6.07, 6.45) is 3.83. The molecule has 2 aromatic carbocycles. The SMILES string of the molecule is Cc1ccc2c(c1)n(-c1c(C)cccc1C)c(-c1cnccc1C)[n+]2C. The molecule has 0 bridgehead atoms. The first-order valence-corrected chi connectivity index (χ1v) is 8.97. The lowest BCUT2D eigenvalue weighted by Crippen LogP contribution is -2.30. The maximum atomic E-state index is 4.40. The van der Waals surface area contributed by atoms with Crippen LogP contribution in [0.1, 0.15) is 22.3 Å². The summed E-state index contributed by atoms with van der Waals surface area (Å²) in [5.74, 6) is 1.16. The van der Waals surface area contributed by atoms with Crippen LogP contribution in [-0.4, -0.2) is 9.55 Å². The van der Waals surface area contributed by atoms with Gasteiger partial charge < -0.3 is 0 Å². The minimum absolute atomic E-state index is 1.16. The van der Waals surface area contributed by atoms with Crippen molar-refractivity contribution in [1.29, 1.82) is 0 Å². The summed E-state index contributed by atoms with van der Waals surface area (Å²) in [6, 6.07) is 15.2. The van der Waals surface area contributed by atoms with E-state index in [0.717, 1.165) is 11.4 Å². The highest BCUT2D eigenvalue weighted by Gasteiger charge is 2.28. The van der Waals surface area contributed by atoms with Crippen molar-refractivity contribution in [3.63, 3.8) is 0 Å². The third kappa shape index (κ3) is 2.43. The van der Waals surface area contributed by atoms with Crippen molar-refractivity contribution in [2.24, 2.45) is 7.05 Å². The van der Waals surface area contributed by atoms with Gasteiger partial charge in [0, 0.05) is 12.4 Å². The number of hydrogen-bond donors (Lipinski definition) is 0. The van der Waals surface area contributed by atoms with Crippen LogP contribution in [-0.2, 0) is 7.05 Å². The zero-order valence-corrected chi connectivity index (χ0v) is 16.0. The number of rotatable bonds is 2. The molecular formula is C23H24N3+. The smallest absolute Gasteiger partial charge is 0.264 e. The Morgan fingerprint density at radius 1 is 0.885 bits per heavy atom. The fourth-order valence-electron chi connectivity index (χ4n) is 3.86. The summed E-state index contributed by atoms with van der Waals surface area (Å²) in [6.45, 7) is 8.67. The highest BCUT2D eigenvalue weighted by molar-refractivity contribution is 5.81. The normalized spacial score (nSPS) is 11.3. The molecule has 4 rings (SSSR count). The maximum absolute atomic E-state index is 4.40. The second-order valence-electron chi connectivity index (χ2n) is 7.14. The number of pyridine rings is 1. The van der Waals surface area contributed by atoms with Crippen molar-refractivity contribution >= 4 is 11.0 Å². The molecule has 130 valence electrons. The Labute approximate surface area is 154 Å². The molecule has 0 unspecified atom stereocenters. The van der Waals surface area contributed by atoms with Crippen molar-refractivity contribution in [3.05, 3.63) is 77.1 Å². The largest absolute Gasteiger partial charge is 0.296 e. The Morgan fingerprint density at radius 3 is 2.31 bits per heavy atom. The Hall–Kier alpha value is -2.94. The third-order valence-corrected chi connectivity index (χ3v) is 5.21. The predicted octanol–water partition coefficient (Wildman–Crippen LogP) is 4.75. The van der Waals surface area contributed by atoms with Crippen molar-refractivity contribution in [2.75, 3.05) is 0 Å². The molecule has 4 aromatic rings. The van der Waals surface area contributed by atoms with Gasteiger partial charge >= 0.3 is 0 Å². The number of fused-ring (bicyclic) bond motifs is 1. The van der Waals surface area contributed by atoms with Gasteiger partial charge in [0.15, 0.2) is 11.0 Å². The molecule has 0 aliphatic rings. The van der Waals surface area contributed by atoms with Crippen molar-refractivity contribution < 1.29 is 4.57 Å². The van der Waals surface area contributed by atoms with Crippen LogP contribution in [0.5, 0.6) is 0 Å². The molecule has 0 amide bonds. The lowest BCUT2D eigenvalue weighted by atomic mass is 10.1. The maximum Gasteiger partial charge on any atom is 0.296 e. The average Bonchev–Trinajstić information content (AvgIpc) is 2.87. The number of imidazole rings is 1. The van der Waals surface area contributed by atoms with Crippen LogP contribution in [0.4, 0.5) is 0 Å². The molecule has 2 heterocycles. The van der Waals surface area contributed by atoms with Crippen molar-refractivity contribution in [1.82, 2.24) is 9.55 Å². The standard InChI is InChI=1S/C23H24N3/c1-15-9-10-20-21(13-15)26(22-17(3)7-6-8-18(22)4)23(25(20)5)19-14-24-12-11-16(19)2/h6-14H,1-5H3/q+1. The first-order chi connectivity index (χ1) is 12.5. The number of nitrogens with zero attached hydrogens (tertiary/aromatic N) is 3. The highest BCUT2D eigenvalue weighted by atomic mass is 15.2. The van der Waals surface area contributed by atoms with E-state index in [1.165, 1.54) is 39.0 Å². The van der Waals surface area contributed by atoms with Gasteiger partial charge in [-0.05, 0) is 68.1 Å². The predicted molar refractivity (Wildman–Crippen MR) is 107 cm³/mol. The quantitative estimate of drug-likeness (QED) is 0.482. The van der Waals surface area contributed by atoms with Gasteiger partial charge in [0.05, 0.1) is 12.6 Å². The van der Waals surface area contributed by atoms with Crippen LogP contribution >= 0.6 is 0 Å². The zero-order chi connectivity index (χ0) is 18.4. The number of aryl methyl sites for hydroxylation is 5. The Balaban J connectivity index is 2.22. The van der Waals surface area contributed by atoms with E-state index in [1.807, 2.05) is 12.4 Å². The minimum atomic E-state index is 1.16. The van der Waals surface area contributed by atoms with Crippen LogP contribution < -0.4 is 4.57 Å². The summed E-state index contributed by atoms with van der Waals surface area (Å²) in [5.41, 5.74) is 9.88. The van der Waals surface area contributed by atoms with E-state index < -0.39 is 0 Å². The third-order valence-electron chi connectivity index (χ3n) is 5.21. The number of aromatic nitrogens is 3. The first-order valence-electron chi connectivity index (χ1n) is 8.97. The van der Waals surface area contributed by atoms with Crippen LogP contribution in [0.15, 0.2) is 54.9 Å². The summed E-state index contributed by atoms with van der Waals surface area (Å²) in [5, 5.41) is 0. The van der Waals surface area contributed by atoms with Gasteiger partial charge in [-0.1, -0.05) is 24.3 Å². The number of hydrogen-bond acceptors (Lipinski definition) is 1. The fraction of sp³-hybridized carbons (Fsp3) is 0.217. The molecule has 0 saturated carbocycles. The number of benzene rings is 2. The minimum Gasteiger partial charge on any atom is -0.264 e. The molecule has 0 radical (unpaired) electrons. The van der Waals surface area contributed by atoms with E-state index >= 15 is 0 Å². The first kappa shape index (κ1) is 16.5. The lowest BCUT2D eigenvalue weighted by molar-refractivity contribution is -0.633. The van der Waals surface area contributed by atoms with E-state index in [-0.39, 0.29) is 0 Å². The van der Waals surface area contributed by atoms with E-state index in [0.29, 0.717) is 0 Å². The topological polar surface area (TPSA) is 21.7 Å². The molecule has 0 spiro atoms. The van der Waals surface area contributed by atoms with Crippen molar-refractivity contribution in [2.45, 2.75) is 27.7 Å². The van der Waals surface area contributed by atoms with Crippen LogP contribution in [0.3, 0.4) is 0 Å². The van der Waals surface area contributed by atoms with Gasteiger partial charge in [-0.2, -0.15) is 4.57 Å². The Bertz CT molecular complexity index is 1120. The number of para-hydroxylation sites is 1. The molecule has 0 fully saturated rings. The average molecular weight is 342 g/mol. The molecule has 26 heavy (non-hydrogen) atoms. The van der Waals surface area contributed by atoms with Gasteiger partial charge in [-0.15, -0.1) is 0 Å². The molecule has 0 aliphatic carbocycles. The molecule has 2 aromatic heterocycles. The van der Waals surface area contributed by atoms with Gasteiger partial charge in [0.25, 0.3) is 5.82 Å². The molecule has 0 saturated heterocycles. The summed E-state index contributed by atoms with van der Waals surface area (Å²) in [4.78, 5) is 4.40. The van der Waals surface area contributed by atoms with E-state index in [9.17, 15) is 0 Å². The van der Waals surface area contributed by atoms with E-state index in [4.69, 9.17) is 0 Å². The van der Waals surface area contributed by atoms with Crippen molar-refractivity contribution in [3.8, 4) is 17.1 Å². The molecular weight excluding hydrogens is 318 g/mol.